The molecule has 0 N–H and O–H groups in total. The van der Waals surface area contributed by atoms with Gasteiger partial charge in [0.1, 0.15) is 0 Å². The van der Waals surface area contributed by atoms with E-state index in [0.717, 1.165) is 16.1 Å². The fourth-order valence-electron chi connectivity index (χ4n) is 3.97. The highest BCUT2D eigenvalue weighted by Crippen LogP contribution is 2.37. The molecule has 2 atom stereocenters. The first kappa shape index (κ1) is 22.0. The maximum Gasteiger partial charge on any atom is 0.273 e. The number of carbonyl (C=O) groups excluding carboxylic acids is 3. The van der Waals surface area contributed by atoms with Crippen molar-refractivity contribution in [3.05, 3.63) is 85.9 Å². The summed E-state index contributed by atoms with van der Waals surface area (Å²) >= 11 is 12.2. The van der Waals surface area contributed by atoms with Crippen molar-refractivity contribution in [2.24, 2.45) is 11.8 Å². The summed E-state index contributed by atoms with van der Waals surface area (Å²) in [5.41, 5.74) is 0.151. The number of imide groups is 1. The second-order valence-corrected chi connectivity index (χ2v) is 8.39. The molecule has 10 heteroatoms. The van der Waals surface area contributed by atoms with E-state index in [-0.39, 0.29) is 22.8 Å². The number of nitro benzene ring substituents is 1. The lowest BCUT2D eigenvalue weighted by atomic mass is 9.85. The van der Waals surface area contributed by atoms with Gasteiger partial charge < -0.3 is 0 Å². The Kier molecular flexibility index (Phi) is 5.99. The number of rotatable bonds is 5. The number of halogens is 2. The van der Waals surface area contributed by atoms with Gasteiger partial charge in [0.2, 0.25) is 0 Å². The highest BCUT2D eigenvalue weighted by Gasteiger charge is 2.51. The number of nitrogens with zero attached hydrogens (tertiary/aromatic N) is 3. The lowest BCUT2D eigenvalue weighted by Crippen LogP contribution is -2.49. The molecule has 8 nitrogen and oxygen atoms in total. The molecule has 32 heavy (non-hydrogen) atoms. The first-order valence-electron chi connectivity index (χ1n) is 9.81. The number of hydrazine groups is 1. The Morgan fingerprint density at radius 1 is 1.06 bits per heavy atom. The highest BCUT2D eigenvalue weighted by molar-refractivity contribution is 6.35. The van der Waals surface area contributed by atoms with E-state index in [9.17, 15) is 24.5 Å². The van der Waals surface area contributed by atoms with Crippen molar-refractivity contribution in [3.63, 3.8) is 0 Å². The molecule has 0 unspecified atom stereocenters. The number of hydrogen-bond donors (Lipinski definition) is 0. The molecule has 0 aromatic heterocycles. The number of allylic oxidation sites excluding steroid dienone is 2. The van der Waals surface area contributed by atoms with Crippen molar-refractivity contribution in [2.45, 2.75) is 19.4 Å². The Morgan fingerprint density at radius 3 is 2.31 bits per heavy atom. The van der Waals surface area contributed by atoms with Crippen molar-refractivity contribution in [3.8, 4) is 0 Å². The van der Waals surface area contributed by atoms with Crippen LogP contribution in [0, 0.1) is 22.0 Å². The van der Waals surface area contributed by atoms with E-state index in [0.29, 0.717) is 23.4 Å². The van der Waals surface area contributed by atoms with E-state index in [1.807, 2.05) is 12.2 Å². The second kappa shape index (κ2) is 8.72. The minimum absolute atomic E-state index is 0.0297. The van der Waals surface area contributed by atoms with Gasteiger partial charge in [-0.15, -0.1) is 0 Å². The fraction of sp³-hybridized carbons (Fsp3) is 0.227. The topological polar surface area (TPSA) is 101 Å². The third-order valence-corrected chi connectivity index (χ3v) is 6.19. The Balaban J connectivity index is 1.75. The van der Waals surface area contributed by atoms with Crippen LogP contribution in [0.2, 0.25) is 10.0 Å². The molecule has 2 aromatic carbocycles. The van der Waals surface area contributed by atoms with Gasteiger partial charge in [0.15, 0.2) is 0 Å². The van der Waals surface area contributed by atoms with Crippen LogP contribution in [-0.4, -0.2) is 32.7 Å². The van der Waals surface area contributed by atoms with Gasteiger partial charge in [-0.2, -0.15) is 5.01 Å². The highest BCUT2D eigenvalue weighted by atomic mass is 35.5. The molecule has 164 valence electrons. The SMILES string of the molecule is O=C(c1cccc([N+](=O)[O-])c1)N(Cc1ccc(Cl)cc1Cl)N1C(=O)[C@H]2CC=CC[C@H]2C1=O. The number of nitro groups is 1. The summed E-state index contributed by atoms with van der Waals surface area (Å²) in [7, 11) is 0. The Hall–Kier alpha value is -3.23. The predicted molar refractivity (Wildman–Crippen MR) is 117 cm³/mol. The van der Waals surface area contributed by atoms with Gasteiger partial charge in [-0.05, 0) is 36.6 Å². The summed E-state index contributed by atoms with van der Waals surface area (Å²) in [6.45, 7) is -0.193. The molecule has 1 heterocycles. The van der Waals surface area contributed by atoms with E-state index < -0.39 is 34.5 Å². The molecule has 1 aliphatic heterocycles. The number of fused-ring (bicyclic) bond motifs is 1. The molecule has 2 aliphatic rings. The average Bonchev–Trinajstić information content (AvgIpc) is 3.03. The average molecular weight is 474 g/mol. The first-order valence-corrected chi connectivity index (χ1v) is 10.6. The molecule has 0 spiro atoms. The van der Waals surface area contributed by atoms with Crippen LogP contribution in [0.3, 0.4) is 0 Å². The number of hydrogen-bond acceptors (Lipinski definition) is 5. The van der Waals surface area contributed by atoms with Crippen molar-refractivity contribution in [1.29, 1.82) is 0 Å². The van der Waals surface area contributed by atoms with Crippen LogP contribution < -0.4 is 0 Å². The summed E-state index contributed by atoms with van der Waals surface area (Å²) in [6.07, 6.45) is 4.51. The molecular formula is C22H17Cl2N3O5. The summed E-state index contributed by atoms with van der Waals surface area (Å²) in [4.78, 5) is 50.3. The van der Waals surface area contributed by atoms with Gasteiger partial charge in [0.05, 0.1) is 23.3 Å². The number of amides is 3. The van der Waals surface area contributed by atoms with Crippen LogP contribution >= 0.6 is 23.2 Å². The lowest BCUT2D eigenvalue weighted by molar-refractivity contribution is -0.384. The van der Waals surface area contributed by atoms with Crippen molar-refractivity contribution < 1.29 is 19.3 Å². The monoisotopic (exact) mass is 473 g/mol. The minimum atomic E-state index is -0.729. The van der Waals surface area contributed by atoms with Crippen LogP contribution in [0.5, 0.6) is 0 Å². The molecular weight excluding hydrogens is 457 g/mol. The van der Waals surface area contributed by atoms with Crippen molar-refractivity contribution in [2.75, 3.05) is 0 Å². The fourth-order valence-corrected chi connectivity index (χ4v) is 4.44. The molecule has 1 fully saturated rings. The van der Waals surface area contributed by atoms with Crippen LogP contribution in [-0.2, 0) is 16.1 Å². The molecule has 1 aliphatic carbocycles. The van der Waals surface area contributed by atoms with E-state index in [2.05, 4.69) is 0 Å². The van der Waals surface area contributed by atoms with Gasteiger partial charge >= 0.3 is 0 Å². The largest absolute Gasteiger partial charge is 0.273 e. The summed E-state index contributed by atoms with van der Waals surface area (Å²) < 4.78 is 0. The number of carbonyl (C=O) groups is 3. The molecule has 0 saturated carbocycles. The van der Waals surface area contributed by atoms with E-state index in [1.54, 1.807) is 12.1 Å². The van der Waals surface area contributed by atoms with E-state index in [1.165, 1.54) is 24.3 Å². The van der Waals surface area contributed by atoms with Crippen LogP contribution in [0.15, 0.2) is 54.6 Å². The first-order chi connectivity index (χ1) is 15.3. The zero-order valence-electron chi connectivity index (χ0n) is 16.6. The maximum atomic E-state index is 13.5. The summed E-state index contributed by atoms with van der Waals surface area (Å²) in [5, 5.41) is 13.7. The van der Waals surface area contributed by atoms with Crippen LogP contribution in [0.4, 0.5) is 5.69 Å². The minimum Gasteiger partial charge on any atom is -0.272 e. The van der Waals surface area contributed by atoms with Gasteiger partial charge in [0.25, 0.3) is 23.4 Å². The lowest BCUT2D eigenvalue weighted by Gasteiger charge is -2.31. The third-order valence-electron chi connectivity index (χ3n) is 5.60. The quantitative estimate of drug-likeness (QED) is 0.277. The van der Waals surface area contributed by atoms with E-state index >= 15 is 0 Å². The third kappa shape index (κ3) is 3.99. The van der Waals surface area contributed by atoms with E-state index in [4.69, 9.17) is 23.2 Å². The van der Waals surface area contributed by atoms with Crippen molar-refractivity contribution >= 4 is 46.6 Å². The van der Waals surface area contributed by atoms with Gasteiger partial charge in [-0.1, -0.05) is 47.5 Å². The molecule has 3 amide bonds. The smallest absolute Gasteiger partial charge is 0.272 e. The Bertz CT molecular complexity index is 1140. The Labute approximate surface area is 193 Å². The zero-order chi connectivity index (χ0) is 23.0. The molecule has 0 radical (unpaired) electrons. The van der Waals surface area contributed by atoms with Gasteiger partial charge in [0, 0.05) is 27.7 Å². The normalized spacial score (nSPS) is 19.8. The molecule has 4 rings (SSSR count). The number of benzene rings is 2. The Morgan fingerprint density at radius 2 is 1.72 bits per heavy atom. The molecule has 1 saturated heterocycles. The van der Waals surface area contributed by atoms with Crippen LogP contribution in [0.25, 0.3) is 0 Å². The maximum absolute atomic E-state index is 13.5. The number of non-ortho nitro benzene ring substituents is 1. The van der Waals surface area contributed by atoms with Gasteiger partial charge in [-0.25, -0.2) is 5.01 Å². The molecule has 2 aromatic rings. The predicted octanol–water partition coefficient (Wildman–Crippen LogP) is 4.41. The van der Waals surface area contributed by atoms with Crippen LogP contribution in [0.1, 0.15) is 28.8 Å². The second-order valence-electron chi connectivity index (χ2n) is 7.55. The summed E-state index contributed by atoms with van der Waals surface area (Å²) in [5.74, 6) is -2.78. The standard InChI is InChI=1S/C22H17Cl2N3O5/c23-15-9-8-14(19(24)11-15)12-25(20(28)13-4-3-5-16(10-13)27(31)32)26-21(29)17-6-1-2-7-18(17)22(26)30/h1-5,8-11,17-18H,6-7,12H2/t17-,18+. The van der Waals surface area contributed by atoms with Gasteiger partial charge in [-0.3, -0.25) is 24.5 Å². The molecule has 0 bridgehead atoms. The summed E-state index contributed by atoms with van der Waals surface area (Å²) in [6, 6.07) is 9.80. The zero-order valence-corrected chi connectivity index (χ0v) is 18.1. The van der Waals surface area contributed by atoms with Crippen molar-refractivity contribution in [1.82, 2.24) is 10.0 Å².